The topological polar surface area (TPSA) is 78.9 Å². The molecule has 0 bridgehead atoms. The number of carbonyl (C=O) groups is 3. The first-order chi connectivity index (χ1) is 33.0. The van der Waals surface area contributed by atoms with Gasteiger partial charge in [-0.25, -0.2) is 0 Å². The molecule has 0 heterocycles. The number of hydrogen-bond acceptors (Lipinski definition) is 6. The average Bonchev–Trinajstić information content (AvgIpc) is 3.33. The second-order valence-electron chi connectivity index (χ2n) is 17.3. The summed E-state index contributed by atoms with van der Waals surface area (Å²) in [6.07, 6.45) is 75.7. The van der Waals surface area contributed by atoms with E-state index in [4.69, 9.17) is 14.2 Å². The lowest BCUT2D eigenvalue weighted by Gasteiger charge is -2.18. The molecule has 0 aromatic heterocycles. The van der Waals surface area contributed by atoms with E-state index in [9.17, 15) is 14.4 Å². The second kappa shape index (κ2) is 54.2. The smallest absolute Gasteiger partial charge is 0.306 e. The maximum Gasteiger partial charge on any atom is 0.306 e. The molecule has 0 amide bonds. The molecule has 0 spiro atoms. The van der Waals surface area contributed by atoms with E-state index in [2.05, 4.69) is 93.7 Å². The molecule has 0 N–H and O–H groups in total. The van der Waals surface area contributed by atoms with Crippen LogP contribution in [-0.4, -0.2) is 37.2 Å². The van der Waals surface area contributed by atoms with Crippen LogP contribution in [0.3, 0.4) is 0 Å². The van der Waals surface area contributed by atoms with Crippen LogP contribution in [-0.2, 0) is 28.6 Å². The lowest BCUT2D eigenvalue weighted by atomic mass is 10.1. The van der Waals surface area contributed by atoms with Crippen molar-refractivity contribution in [1.82, 2.24) is 0 Å². The lowest BCUT2D eigenvalue weighted by Crippen LogP contribution is -2.30. The molecular weight excluding hydrogens is 829 g/mol. The van der Waals surface area contributed by atoms with Crippen molar-refractivity contribution in [2.24, 2.45) is 0 Å². The van der Waals surface area contributed by atoms with Crippen molar-refractivity contribution in [2.45, 2.75) is 219 Å². The number of unbranched alkanes of at least 4 members (excludes halogenated alkanes) is 21. The van der Waals surface area contributed by atoms with Crippen molar-refractivity contribution in [1.29, 1.82) is 0 Å². The molecule has 0 radical (unpaired) electrons. The van der Waals surface area contributed by atoms with E-state index >= 15 is 0 Å². The Morgan fingerprint density at radius 1 is 0.313 bits per heavy atom. The molecule has 1 unspecified atom stereocenters. The van der Waals surface area contributed by atoms with Crippen LogP contribution in [0.2, 0.25) is 0 Å². The summed E-state index contributed by atoms with van der Waals surface area (Å²) >= 11 is 0. The highest BCUT2D eigenvalue weighted by atomic mass is 16.6. The molecule has 0 aliphatic heterocycles. The van der Waals surface area contributed by atoms with E-state index < -0.39 is 6.10 Å². The summed E-state index contributed by atoms with van der Waals surface area (Å²) in [5.74, 6) is -1.01. The first-order valence-corrected chi connectivity index (χ1v) is 26.8. The maximum atomic E-state index is 12.8. The van der Waals surface area contributed by atoms with E-state index in [0.29, 0.717) is 19.3 Å². The van der Waals surface area contributed by atoms with Gasteiger partial charge in [0.15, 0.2) is 6.10 Å². The minimum atomic E-state index is -0.823. The SMILES string of the molecule is CC\C=C/C=C\C=C/C=C\C=C\C=C/CCCCCC(=O)OC(COC(=O)CCCCC/C=C\CCCCCCCCC)COC(=O)CCCCCCC\C=C/C=C\C=C/C=C\CCCCC. The minimum absolute atomic E-state index is 0.117. The largest absolute Gasteiger partial charge is 0.462 e. The van der Waals surface area contributed by atoms with Gasteiger partial charge in [-0.3, -0.25) is 14.4 Å². The molecule has 0 aliphatic carbocycles. The normalized spacial score (nSPS) is 13.2. The monoisotopic (exact) mass is 925 g/mol. The quantitative estimate of drug-likeness (QED) is 0.0199. The van der Waals surface area contributed by atoms with E-state index in [1.54, 1.807) is 0 Å². The third-order valence-electron chi connectivity index (χ3n) is 10.9. The number of carbonyl (C=O) groups excluding carboxylic acids is 3. The van der Waals surface area contributed by atoms with Gasteiger partial charge in [-0.15, -0.1) is 0 Å². The molecule has 0 saturated carbocycles. The molecule has 0 saturated heterocycles. The molecule has 0 rings (SSSR count). The van der Waals surface area contributed by atoms with Crippen molar-refractivity contribution < 1.29 is 28.6 Å². The molecule has 6 nitrogen and oxygen atoms in total. The molecule has 67 heavy (non-hydrogen) atoms. The van der Waals surface area contributed by atoms with Crippen LogP contribution in [0.5, 0.6) is 0 Å². The molecule has 0 aromatic carbocycles. The summed E-state index contributed by atoms with van der Waals surface area (Å²) in [6, 6.07) is 0. The number of ether oxygens (including phenoxy) is 3. The van der Waals surface area contributed by atoms with Gasteiger partial charge in [0.2, 0.25) is 0 Å². The Labute approximate surface area is 411 Å². The fourth-order valence-corrected chi connectivity index (χ4v) is 6.83. The third-order valence-corrected chi connectivity index (χ3v) is 10.9. The summed E-state index contributed by atoms with van der Waals surface area (Å²) in [5.41, 5.74) is 0. The van der Waals surface area contributed by atoms with Crippen LogP contribution < -0.4 is 0 Å². The number of esters is 3. The minimum Gasteiger partial charge on any atom is -0.462 e. The summed E-state index contributed by atoms with van der Waals surface area (Å²) in [4.78, 5) is 38.1. The molecule has 0 aliphatic rings. The Balaban J connectivity index is 4.58. The third kappa shape index (κ3) is 52.4. The molecule has 0 fully saturated rings. The van der Waals surface area contributed by atoms with Crippen molar-refractivity contribution in [3.05, 3.63) is 134 Å². The number of rotatable bonds is 46. The van der Waals surface area contributed by atoms with E-state index in [0.717, 1.165) is 103 Å². The number of allylic oxidation sites excluding steroid dienone is 22. The van der Waals surface area contributed by atoms with Crippen LogP contribution in [0.15, 0.2) is 134 Å². The Morgan fingerprint density at radius 2 is 0.597 bits per heavy atom. The van der Waals surface area contributed by atoms with Crippen LogP contribution in [0.4, 0.5) is 0 Å². The molecule has 0 aromatic rings. The summed E-state index contributed by atoms with van der Waals surface area (Å²) in [6.45, 7) is 6.36. The van der Waals surface area contributed by atoms with Gasteiger partial charge in [-0.2, -0.15) is 0 Å². The van der Waals surface area contributed by atoms with Gasteiger partial charge >= 0.3 is 17.9 Å². The maximum absolute atomic E-state index is 12.8. The van der Waals surface area contributed by atoms with Gasteiger partial charge in [0.1, 0.15) is 13.2 Å². The lowest BCUT2D eigenvalue weighted by molar-refractivity contribution is -0.167. The van der Waals surface area contributed by atoms with Gasteiger partial charge in [-0.1, -0.05) is 238 Å². The zero-order valence-electron chi connectivity index (χ0n) is 42.9. The highest BCUT2D eigenvalue weighted by Gasteiger charge is 2.19. The second-order valence-corrected chi connectivity index (χ2v) is 17.3. The Hall–Kier alpha value is -4.45. The van der Waals surface area contributed by atoms with Crippen LogP contribution in [0.25, 0.3) is 0 Å². The van der Waals surface area contributed by atoms with Gasteiger partial charge in [0.05, 0.1) is 0 Å². The first-order valence-electron chi connectivity index (χ1n) is 26.8. The van der Waals surface area contributed by atoms with Gasteiger partial charge < -0.3 is 14.2 Å². The van der Waals surface area contributed by atoms with Crippen LogP contribution in [0, 0.1) is 0 Å². The van der Waals surface area contributed by atoms with Crippen molar-refractivity contribution >= 4 is 17.9 Å². The summed E-state index contributed by atoms with van der Waals surface area (Å²) < 4.78 is 16.8. The standard InChI is InChI=1S/C61H96O6/c1-4-7-10-13-16-19-22-25-28-30-32-33-36-39-42-45-48-51-54-60(63)66-57-58(56-65-59(62)53-50-47-44-41-38-35-27-24-21-18-15-12-9-6-3)67-61(64)55-52-49-46-43-40-37-34-31-29-26-23-20-17-14-11-8-5-2/h8,11,14,16-17,19-20,22-23,25-26,28-35,37-38,40,58H,4-7,9-10,12-13,15,18,21,24,27,36,39,41-57H2,1-3H3/b11-8-,17-14-,19-16-,23-20-,25-22-,29-26-,30-28-,33-32-,34-31+,38-35-,40-37-. The first kappa shape index (κ1) is 62.5. The molecular formula is C61H96O6. The van der Waals surface area contributed by atoms with Gasteiger partial charge in [0.25, 0.3) is 0 Å². The molecule has 1 atom stereocenters. The van der Waals surface area contributed by atoms with E-state index in [-0.39, 0.29) is 37.5 Å². The Morgan fingerprint density at radius 3 is 1.00 bits per heavy atom. The zero-order valence-corrected chi connectivity index (χ0v) is 42.9. The highest BCUT2D eigenvalue weighted by molar-refractivity contribution is 5.71. The van der Waals surface area contributed by atoms with Crippen molar-refractivity contribution in [2.75, 3.05) is 13.2 Å². The molecule has 376 valence electrons. The summed E-state index contributed by atoms with van der Waals surface area (Å²) in [5, 5.41) is 0. The van der Waals surface area contributed by atoms with Crippen molar-refractivity contribution in [3.63, 3.8) is 0 Å². The van der Waals surface area contributed by atoms with Crippen LogP contribution in [0.1, 0.15) is 213 Å². The molecule has 6 heteroatoms. The van der Waals surface area contributed by atoms with E-state index in [1.165, 1.54) is 64.2 Å². The van der Waals surface area contributed by atoms with Gasteiger partial charge in [-0.05, 0) is 89.9 Å². The average molecular weight is 925 g/mol. The predicted octanol–water partition coefficient (Wildman–Crippen LogP) is 17.9. The fraction of sp³-hybridized carbons (Fsp3) is 0.590. The highest BCUT2D eigenvalue weighted by Crippen LogP contribution is 2.13. The Kier molecular flexibility index (Phi) is 50.6. The predicted molar refractivity (Wildman–Crippen MR) is 288 cm³/mol. The van der Waals surface area contributed by atoms with Crippen molar-refractivity contribution in [3.8, 4) is 0 Å². The zero-order chi connectivity index (χ0) is 48.6. The van der Waals surface area contributed by atoms with Crippen LogP contribution >= 0.6 is 0 Å². The fourth-order valence-electron chi connectivity index (χ4n) is 6.83. The van der Waals surface area contributed by atoms with Gasteiger partial charge in [0, 0.05) is 19.3 Å². The summed E-state index contributed by atoms with van der Waals surface area (Å²) in [7, 11) is 0. The number of hydrogen-bond donors (Lipinski definition) is 0. The Bertz CT molecular complexity index is 1480. The van der Waals surface area contributed by atoms with E-state index in [1.807, 2.05) is 60.8 Å².